The summed E-state index contributed by atoms with van der Waals surface area (Å²) in [5.41, 5.74) is 9.13. The number of allylic oxidation sites excluding steroid dienone is 1. The molecule has 1 aliphatic heterocycles. The van der Waals surface area contributed by atoms with Crippen molar-refractivity contribution in [2.24, 2.45) is 18.7 Å². The Morgan fingerprint density at radius 1 is 1.20 bits per heavy atom. The van der Waals surface area contributed by atoms with Crippen LogP contribution in [0.25, 0.3) is 17.0 Å². The molecular formula is C29H38F2N10O2S. The summed E-state index contributed by atoms with van der Waals surface area (Å²) in [6.45, 7) is 0.456. The van der Waals surface area contributed by atoms with Crippen molar-refractivity contribution in [2.75, 3.05) is 20.1 Å². The molecule has 1 atom stereocenters. The fraction of sp³-hybridized carbons (Fsp3) is 0.517. The standard InChI is InChI=1S/C29H38F2N10O2S/c1-39(18-27(30)31)16-19-3-5-21(6-4-19)36-25-13-29(32,34-15-23(25)24-10-12-40(2)38-24)26-9-11-33-28(37-26)20-14-35-41(17-20)44(42,43)22-7-8-22/h9-15,17,19,21-22,27,34,36H,3-8,16,18,32H2,1-2H3. The minimum Gasteiger partial charge on any atom is -0.382 e. The first-order chi connectivity index (χ1) is 21.0. The highest BCUT2D eigenvalue weighted by molar-refractivity contribution is 7.90. The Balaban J connectivity index is 1.22. The van der Waals surface area contributed by atoms with E-state index in [2.05, 4.69) is 25.8 Å². The highest BCUT2D eigenvalue weighted by Crippen LogP contribution is 2.33. The molecule has 6 rings (SSSR count). The topological polar surface area (TPSA) is 149 Å². The van der Waals surface area contributed by atoms with Gasteiger partial charge < -0.3 is 21.3 Å². The SMILES string of the molecule is CN(CC(F)F)CC1CCC(NC2=CC(N)(c3ccnc(-c4cnn(S(=O)(=O)C5CC5)c4)n3)NC=C2c2ccn(C)n2)CC1. The molecular weight excluding hydrogens is 590 g/mol. The molecule has 4 heterocycles. The number of nitrogens with zero attached hydrogens (tertiary/aromatic N) is 7. The number of aromatic nitrogens is 6. The third-order valence-electron chi connectivity index (χ3n) is 8.44. The van der Waals surface area contributed by atoms with Gasteiger partial charge >= 0.3 is 0 Å². The number of aryl methyl sites for hydroxylation is 1. The maximum absolute atomic E-state index is 12.8. The molecule has 15 heteroatoms. The zero-order valence-corrected chi connectivity index (χ0v) is 25.6. The van der Waals surface area contributed by atoms with E-state index in [0.717, 1.165) is 46.7 Å². The van der Waals surface area contributed by atoms with Crippen LogP contribution >= 0.6 is 0 Å². The van der Waals surface area contributed by atoms with E-state index in [9.17, 15) is 17.2 Å². The van der Waals surface area contributed by atoms with Crippen LogP contribution in [0.3, 0.4) is 0 Å². The van der Waals surface area contributed by atoms with Crippen LogP contribution in [0.15, 0.2) is 54.9 Å². The van der Waals surface area contributed by atoms with Gasteiger partial charge in [0, 0.05) is 49.5 Å². The Morgan fingerprint density at radius 2 is 1.98 bits per heavy atom. The molecule has 1 unspecified atom stereocenters. The van der Waals surface area contributed by atoms with Gasteiger partial charge in [-0.3, -0.25) is 4.68 Å². The van der Waals surface area contributed by atoms with Crippen molar-refractivity contribution in [3.05, 3.63) is 66.3 Å². The fourth-order valence-corrected chi connectivity index (χ4v) is 7.40. The lowest BCUT2D eigenvalue weighted by Gasteiger charge is -2.36. The molecule has 0 spiro atoms. The summed E-state index contributed by atoms with van der Waals surface area (Å²) in [6.07, 6.45) is 12.7. The number of dihydropyridines is 1. The van der Waals surface area contributed by atoms with Gasteiger partial charge in [-0.25, -0.2) is 27.2 Å². The summed E-state index contributed by atoms with van der Waals surface area (Å²) < 4.78 is 53.6. The van der Waals surface area contributed by atoms with Crippen molar-refractivity contribution in [3.63, 3.8) is 0 Å². The molecule has 44 heavy (non-hydrogen) atoms. The Hall–Kier alpha value is -3.69. The molecule has 0 radical (unpaired) electrons. The highest BCUT2D eigenvalue weighted by Gasteiger charge is 2.38. The average molecular weight is 629 g/mol. The smallest absolute Gasteiger partial charge is 0.256 e. The van der Waals surface area contributed by atoms with E-state index in [0.29, 0.717) is 42.4 Å². The molecule has 3 aromatic heterocycles. The van der Waals surface area contributed by atoms with Gasteiger partial charge in [0.05, 0.1) is 41.1 Å². The minimum atomic E-state index is -3.52. The molecule has 3 aromatic rings. The molecule has 2 saturated carbocycles. The maximum Gasteiger partial charge on any atom is 0.256 e. The Kier molecular flexibility index (Phi) is 8.28. The maximum atomic E-state index is 12.8. The third kappa shape index (κ3) is 6.54. The molecule has 2 fully saturated rings. The lowest BCUT2D eigenvalue weighted by atomic mass is 9.85. The molecule has 2 aliphatic carbocycles. The fourth-order valence-electron chi connectivity index (χ4n) is 5.92. The van der Waals surface area contributed by atoms with Gasteiger partial charge in [0.25, 0.3) is 16.4 Å². The van der Waals surface area contributed by atoms with Gasteiger partial charge in [0.2, 0.25) is 0 Å². The number of halogens is 2. The number of nitrogens with one attached hydrogen (secondary N) is 2. The summed E-state index contributed by atoms with van der Waals surface area (Å²) in [5, 5.41) is 15.3. The van der Waals surface area contributed by atoms with Crippen molar-refractivity contribution < 1.29 is 17.2 Å². The lowest BCUT2D eigenvalue weighted by Crippen LogP contribution is -2.50. The van der Waals surface area contributed by atoms with Crippen LogP contribution in [0.2, 0.25) is 0 Å². The Labute approximate surface area is 255 Å². The van der Waals surface area contributed by atoms with Crippen LogP contribution in [0.5, 0.6) is 0 Å². The summed E-state index contributed by atoms with van der Waals surface area (Å²) in [7, 11) is 0.0949. The van der Waals surface area contributed by atoms with Crippen molar-refractivity contribution in [3.8, 4) is 11.4 Å². The second-order valence-corrected chi connectivity index (χ2v) is 14.2. The summed E-state index contributed by atoms with van der Waals surface area (Å²) >= 11 is 0. The van der Waals surface area contributed by atoms with Crippen LogP contribution in [0, 0.1) is 5.92 Å². The van der Waals surface area contributed by atoms with Gasteiger partial charge in [0.15, 0.2) is 11.5 Å². The molecule has 0 amide bonds. The molecule has 12 nitrogen and oxygen atoms in total. The van der Waals surface area contributed by atoms with Crippen LogP contribution in [0.4, 0.5) is 8.78 Å². The first kappa shape index (κ1) is 30.3. The molecule has 0 aromatic carbocycles. The van der Waals surface area contributed by atoms with Gasteiger partial charge in [-0.15, -0.1) is 0 Å². The zero-order valence-electron chi connectivity index (χ0n) is 24.8. The second-order valence-electron chi connectivity index (χ2n) is 12.1. The molecule has 3 aliphatic rings. The number of rotatable bonds is 11. The van der Waals surface area contributed by atoms with Crippen molar-refractivity contribution in [2.45, 2.75) is 61.9 Å². The first-order valence-corrected chi connectivity index (χ1v) is 16.4. The molecule has 236 valence electrons. The summed E-state index contributed by atoms with van der Waals surface area (Å²) in [4.78, 5) is 10.8. The van der Waals surface area contributed by atoms with Crippen molar-refractivity contribution in [1.29, 1.82) is 0 Å². The predicted molar refractivity (Wildman–Crippen MR) is 161 cm³/mol. The molecule has 4 N–H and O–H groups in total. The van der Waals surface area contributed by atoms with E-state index < -0.39 is 22.1 Å². The highest BCUT2D eigenvalue weighted by atomic mass is 32.2. The van der Waals surface area contributed by atoms with Crippen LogP contribution < -0.4 is 16.4 Å². The van der Waals surface area contributed by atoms with Gasteiger partial charge in [-0.05, 0) is 69.7 Å². The van der Waals surface area contributed by atoms with Crippen LogP contribution in [0.1, 0.15) is 49.9 Å². The minimum absolute atomic E-state index is 0.174. The van der Waals surface area contributed by atoms with Crippen molar-refractivity contribution >= 4 is 15.6 Å². The second kappa shape index (κ2) is 12.0. The van der Waals surface area contributed by atoms with Crippen LogP contribution in [-0.4, -0.2) is 80.1 Å². The summed E-state index contributed by atoms with van der Waals surface area (Å²) in [5.74, 6) is 0.685. The third-order valence-corrected chi connectivity index (χ3v) is 10.5. The monoisotopic (exact) mass is 628 g/mol. The van der Waals surface area contributed by atoms with E-state index in [-0.39, 0.29) is 17.8 Å². The predicted octanol–water partition coefficient (Wildman–Crippen LogP) is 2.40. The van der Waals surface area contributed by atoms with Gasteiger partial charge in [-0.1, -0.05) is 0 Å². The van der Waals surface area contributed by atoms with E-state index in [1.807, 2.05) is 31.6 Å². The Bertz CT molecular complexity index is 1660. The number of alkyl halides is 2. The average Bonchev–Trinajstić information content (AvgIpc) is 3.58. The Morgan fingerprint density at radius 3 is 2.66 bits per heavy atom. The quantitative estimate of drug-likeness (QED) is 0.289. The number of hydrogen-bond acceptors (Lipinski definition) is 10. The summed E-state index contributed by atoms with van der Waals surface area (Å²) in [6, 6.07) is 3.82. The van der Waals surface area contributed by atoms with E-state index in [4.69, 9.17) is 10.7 Å². The largest absolute Gasteiger partial charge is 0.382 e. The van der Waals surface area contributed by atoms with Crippen LogP contribution in [-0.2, 0) is 22.7 Å². The number of hydrogen-bond donors (Lipinski definition) is 3. The van der Waals surface area contributed by atoms with E-state index >= 15 is 0 Å². The van der Waals surface area contributed by atoms with Crippen molar-refractivity contribution in [1.82, 2.24) is 44.5 Å². The lowest BCUT2D eigenvalue weighted by molar-refractivity contribution is 0.0882. The zero-order chi connectivity index (χ0) is 31.1. The van der Waals surface area contributed by atoms with E-state index in [1.165, 1.54) is 12.4 Å². The van der Waals surface area contributed by atoms with E-state index in [1.54, 1.807) is 28.9 Å². The normalized spacial score (nSPS) is 24.2. The molecule has 0 saturated heterocycles. The van der Waals surface area contributed by atoms with Gasteiger partial charge in [-0.2, -0.15) is 14.3 Å². The molecule has 0 bridgehead atoms. The number of nitrogens with two attached hydrogens (primary N) is 1. The first-order valence-electron chi connectivity index (χ1n) is 14.9. The van der Waals surface area contributed by atoms with Gasteiger partial charge in [0.1, 0.15) is 0 Å².